The van der Waals surface area contributed by atoms with Gasteiger partial charge < -0.3 is 34.8 Å². The smallest absolute Gasteiger partial charge is 0.338 e. The molecule has 228 valence electrons. The Hall–Kier alpha value is -3.31. The lowest BCUT2D eigenvalue weighted by Crippen LogP contribution is -2.61. The highest BCUT2D eigenvalue weighted by Crippen LogP contribution is 2.33. The zero-order valence-corrected chi connectivity index (χ0v) is 24.0. The van der Waals surface area contributed by atoms with Gasteiger partial charge in [-0.3, -0.25) is 4.79 Å². The van der Waals surface area contributed by atoms with E-state index in [1.54, 1.807) is 30.3 Å². The Morgan fingerprint density at radius 2 is 1.45 bits per heavy atom. The van der Waals surface area contributed by atoms with Crippen LogP contribution in [-0.4, -0.2) is 69.9 Å². The van der Waals surface area contributed by atoms with Crippen LogP contribution in [-0.2, 0) is 41.6 Å². The number of esters is 2. The average Bonchev–Trinajstić information content (AvgIpc) is 3.00. The van der Waals surface area contributed by atoms with Gasteiger partial charge in [0.25, 0.3) is 0 Å². The summed E-state index contributed by atoms with van der Waals surface area (Å²) in [6, 6.07) is 16.8. The number of aliphatic hydroxyl groups excluding tert-OH is 3. The van der Waals surface area contributed by atoms with Gasteiger partial charge in [0.2, 0.25) is 12.2 Å². The van der Waals surface area contributed by atoms with Crippen molar-refractivity contribution in [2.24, 2.45) is 17.8 Å². The normalized spacial score (nSPS) is 28.5. The van der Waals surface area contributed by atoms with E-state index in [0.717, 1.165) is 31.2 Å². The lowest BCUT2D eigenvalue weighted by molar-refractivity contribution is -0.288. The quantitative estimate of drug-likeness (QED) is 0.309. The van der Waals surface area contributed by atoms with Gasteiger partial charge in [-0.05, 0) is 48.6 Å². The molecule has 3 unspecified atom stereocenters. The monoisotopic (exact) mass is 583 g/mol. The molecule has 0 radical (unpaired) electrons. The first-order chi connectivity index (χ1) is 20.1. The molecule has 1 amide bonds. The van der Waals surface area contributed by atoms with Crippen LogP contribution in [0.2, 0.25) is 0 Å². The Bertz CT molecular complexity index is 1170. The molecular weight excluding hydrogens is 542 g/mol. The van der Waals surface area contributed by atoms with E-state index in [4.69, 9.17) is 14.2 Å². The maximum absolute atomic E-state index is 13.4. The van der Waals surface area contributed by atoms with E-state index >= 15 is 0 Å². The fraction of sp³-hybridized carbons (Fsp3) is 0.531. The molecule has 1 aliphatic heterocycles. The standard InChI is InChI=1S/C32H41NO9/c1-19(2)22-13-15-23(16-14-22)29(37)33-24(17-20-9-5-3-6-10-20)30(38)42-32-27(36)25(34)26(35)28(41-32)31(39)40-18-21-11-7-4-8-12-21/h3-12,19,22-28,32,34-36H,13-18H2,1-2H3,(H,33,37)/t22?,23?,24?,25?,26-,27-,28?,32-/m0/s1. The van der Waals surface area contributed by atoms with E-state index in [0.29, 0.717) is 17.4 Å². The summed E-state index contributed by atoms with van der Waals surface area (Å²) < 4.78 is 16.1. The third-order valence-electron chi connectivity index (χ3n) is 8.23. The second-order valence-corrected chi connectivity index (χ2v) is 11.5. The highest BCUT2D eigenvalue weighted by Gasteiger charge is 2.49. The van der Waals surface area contributed by atoms with E-state index in [-0.39, 0.29) is 24.9 Å². The number of carbonyl (C=O) groups is 3. The van der Waals surface area contributed by atoms with Gasteiger partial charge in [0, 0.05) is 12.3 Å². The molecular formula is C32H41NO9. The van der Waals surface area contributed by atoms with Crippen LogP contribution in [0.4, 0.5) is 0 Å². The van der Waals surface area contributed by atoms with Crippen LogP contribution in [0.3, 0.4) is 0 Å². The Kier molecular flexibility index (Phi) is 11.1. The Labute approximate surface area is 246 Å². The lowest BCUT2D eigenvalue weighted by Gasteiger charge is -2.39. The van der Waals surface area contributed by atoms with E-state index < -0.39 is 48.7 Å². The number of aliphatic hydroxyl groups is 3. The molecule has 1 heterocycles. The summed E-state index contributed by atoms with van der Waals surface area (Å²) in [5.41, 5.74) is 1.46. The third-order valence-corrected chi connectivity index (χ3v) is 8.23. The van der Waals surface area contributed by atoms with Crippen LogP contribution in [0.1, 0.15) is 50.7 Å². The number of hydrogen-bond acceptors (Lipinski definition) is 9. The van der Waals surface area contributed by atoms with Crippen LogP contribution in [0.25, 0.3) is 0 Å². The van der Waals surface area contributed by atoms with Gasteiger partial charge in [0.1, 0.15) is 31.0 Å². The molecule has 10 heteroatoms. The topological polar surface area (TPSA) is 152 Å². The van der Waals surface area contributed by atoms with Gasteiger partial charge in [0.05, 0.1) is 0 Å². The number of nitrogens with one attached hydrogen (secondary N) is 1. The minimum atomic E-state index is -1.86. The largest absolute Gasteiger partial charge is 0.459 e. The van der Waals surface area contributed by atoms with Crippen LogP contribution >= 0.6 is 0 Å². The fourth-order valence-corrected chi connectivity index (χ4v) is 5.53. The predicted octanol–water partition coefficient (Wildman–Crippen LogP) is 2.27. The summed E-state index contributed by atoms with van der Waals surface area (Å²) >= 11 is 0. The molecule has 4 rings (SSSR count). The zero-order valence-electron chi connectivity index (χ0n) is 24.0. The summed E-state index contributed by atoms with van der Waals surface area (Å²) in [7, 11) is 0. The second-order valence-electron chi connectivity index (χ2n) is 11.5. The van der Waals surface area contributed by atoms with Crippen molar-refractivity contribution in [1.29, 1.82) is 0 Å². The van der Waals surface area contributed by atoms with Crippen LogP contribution < -0.4 is 5.32 Å². The number of amides is 1. The first-order valence-corrected chi connectivity index (χ1v) is 14.6. The number of ether oxygens (including phenoxy) is 3. The summed E-state index contributed by atoms with van der Waals surface area (Å²) in [5, 5.41) is 34.2. The number of rotatable bonds is 10. The van der Waals surface area contributed by atoms with E-state index in [2.05, 4.69) is 19.2 Å². The number of carbonyl (C=O) groups excluding carboxylic acids is 3. The van der Waals surface area contributed by atoms with Crippen LogP contribution in [0, 0.1) is 17.8 Å². The molecule has 2 aliphatic rings. The van der Waals surface area contributed by atoms with Gasteiger partial charge in [-0.1, -0.05) is 74.5 Å². The van der Waals surface area contributed by atoms with Crippen molar-refractivity contribution in [3.63, 3.8) is 0 Å². The van der Waals surface area contributed by atoms with E-state index in [1.807, 2.05) is 30.3 Å². The van der Waals surface area contributed by atoms with Crippen molar-refractivity contribution in [1.82, 2.24) is 5.32 Å². The van der Waals surface area contributed by atoms with Crippen molar-refractivity contribution < 1.29 is 43.9 Å². The molecule has 10 nitrogen and oxygen atoms in total. The minimum Gasteiger partial charge on any atom is -0.459 e. The molecule has 2 aromatic rings. The Morgan fingerprint density at radius 1 is 0.857 bits per heavy atom. The summed E-state index contributed by atoms with van der Waals surface area (Å²) in [4.78, 5) is 39.4. The highest BCUT2D eigenvalue weighted by molar-refractivity contribution is 5.86. The molecule has 42 heavy (non-hydrogen) atoms. The molecule has 6 atom stereocenters. The molecule has 2 fully saturated rings. The fourth-order valence-electron chi connectivity index (χ4n) is 5.53. The molecule has 4 N–H and O–H groups in total. The molecule has 1 saturated carbocycles. The molecule has 1 aliphatic carbocycles. The number of hydrogen-bond donors (Lipinski definition) is 4. The molecule has 0 aromatic heterocycles. The summed E-state index contributed by atoms with van der Waals surface area (Å²) in [6.07, 6.45) is -5.59. The molecule has 2 aromatic carbocycles. The lowest BCUT2D eigenvalue weighted by atomic mass is 9.76. The van der Waals surface area contributed by atoms with Crippen molar-refractivity contribution in [2.45, 2.75) is 89.3 Å². The third kappa shape index (κ3) is 8.16. The van der Waals surface area contributed by atoms with Gasteiger partial charge in [-0.15, -0.1) is 0 Å². The van der Waals surface area contributed by atoms with Gasteiger partial charge >= 0.3 is 11.9 Å². The minimum absolute atomic E-state index is 0.111. The molecule has 1 saturated heterocycles. The number of benzene rings is 2. The summed E-state index contributed by atoms with van der Waals surface area (Å²) in [5.74, 6) is -1.28. The summed E-state index contributed by atoms with van der Waals surface area (Å²) in [6.45, 7) is 4.25. The van der Waals surface area contributed by atoms with Crippen molar-refractivity contribution in [2.75, 3.05) is 0 Å². The van der Waals surface area contributed by atoms with Crippen molar-refractivity contribution in [3.8, 4) is 0 Å². The van der Waals surface area contributed by atoms with Gasteiger partial charge in [0.15, 0.2) is 6.10 Å². The van der Waals surface area contributed by atoms with E-state index in [1.165, 1.54) is 0 Å². The van der Waals surface area contributed by atoms with Crippen molar-refractivity contribution in [3.05, 3.63) is 71.8 Å². The van der Waals surface area contributed by atoms with Gasteiger partial charge in [-0.25, -0.2) is 9.59 Å². The van der Waals surface area contributed by atoms with E-state index in [9.17, 15) is 29.7 Å². The van der Waals surface area contributed by atoms with Crippen molar-refractivity contribution >= 4 is 17.8 Å². The molecule has 0 spiro atoms. The Morgan fingerprint density at radius 3 is 2.05 bits per heavy atom. The maximum Gasteiger partial charge on any atom is 0.338 e. The first kappa shape index (κ1) is 31.6. The predicted molar refractivity (Wildman–Crippen MR) is 151 cm³/mol. The Balaban J connectivity index is 1.43. The second kappa shape index (κ2) is 14.7. The highest BCUT2D eigenvalue weighted by atomic mass is 16.7. The van der Waals surface area contributed by atoms with Crippen LogP contribution in [0.5, 0.6) is 0 Å². The first-order valence-electron chi connectivity index (χ1n) is 14.6. The van der Waals surface area contributed by atoms with Crippen LogP contribution in [0.15, 0.2) is 60.7 Å². The zero-order chi connectivity index (χ0) is 30.2. The molecule has 0 bridgehead atoms. The maximum atomic E-state index is 13.4. The van der Waals surface area contributed by atoms with Gasteiger partial charge in [-0.2, -0.15) is 0 Å². The SMILES string of the molecule is CC(C)C1CCC(C(=O)NC(Cc2ccccc2)C(=O)O[C@@H]2OC(C(=O)OCc3ccccc3)[C@@H](O)C(O)[C@@H]2O)CC1. The average molecular weight is 584 g/mol.